The summed E-state index contributed by atoms with van der Waals surface area (Å²) in [5.41, 5.74) is 0.708. The van der Waals surface area contributed by atoms with Gasteiger partial charge in [0.25, 0.3) is 0 Å². The molecule has 0 bridgehead atoms. The van der Waals surface area contributed by atoms with Crippen molar-refractivity contribution in [3.63, 3.8) is 0 Å². The van der Waals surface area contributed by atoms with Crippen molar-refractivity contribution in [3.8, 4) is 0 Å². The van der Waals surface area contributed by atoms with Gasteiger partial charge in [-0.3, -0.25) is 4.79 Å². The Morgan fingerprint density at radius 1 is 1.54 bits per heavy atom. The maximum absolute atomic E-state index is 11.6. The van der Waals surface area contributed by atoms with Crippen LogP contribution in [0.2, 0.25) is 0 Å². The van der Waals surface area contributed by atoms with Gasteiger partial charge in [0.05, 0.1) is 7.11 Å². The van der Waals surface area contributed by atoms with Gasteiger partial charge in [-0.1, -0.05) is 12.2 Å². The van der Waals surface area contributed by atoms with Crippen LogP contribution in [0.5, 0.6) is 0 Å². The molecule has 0 aliphatic carbocycles. The van der Waals surface area contributed by atoms with Crippen LogP contribution in [0, 0.1) is 9.41 Å². The molecule has 0 saturated carbocycles. The molecule has 1 aromatic heterocycles. The zero-order valence-electron chi connectivity index (χ0n) is 14.5. The second-order valence-electron chi connectivity index (χ2n) is 5.52. The lowest BCUT2D eigenvalue weighted by atomic mass is 10.00. The highest BCUT2D eigenvalue weighted by atomic mass is 127. The summed E-state index contributed by atoms with van der Waals surface area (Å²) in [5, 5.41) is 2.53. The van der Waals surface area contributed by atoms with E-state index in [1.165, 1.54) is 0 Å². The molecule has 2 rings (SSSR count). The number of aromatic nitrogens is 2. The maximum Gasteiger partial charge on any atom is 0.245 e. The monoisotopic (exact) mass is 513 g/mol. The number of carbonyl (C=O) groups excluding carboxylic acids is 1. The van der Waals surface area contributed by atoms with Crippen LogP contribution in [0.3, 0.4) is 0 Å². The standard InChI is InChI=1S/C15H20IN3O5S2/c1-17-12(20)7-22-10-4-9(21-3)11(6-23-16)24-13(10)8-5-19(2)15(26)18-14(8)25/h5,10,13H,4,6-7H2,1-3H3,(H,17,20)(H,18,25,26)/t10?,13-/m0/s1. The lowest BCUT2D eigenvalue weighted by Crippen LogP contribution is -2.35. The first-order valence-electron chi connectivity index (χ1n) is 7.69. The molecule has 26 heavy (non-hydrogen) atoms. The van der Waals surface area contributed by atoms with Crippen LogP contribution in [0.4, 0.5) is 0 Å². The third-order valence-electron chi connectivity index (χ3n) is 3.89. The first-order valence-corrected chi connectivity index (χ1v) is 9.39. The number of ether oxygens (including phenoxy) is 3. The molecule has 2 heterocycles. The molecule has 1 aliphatic heterocycles. The van der Waals surface area contributed by atoms with Gasteiger partial charge in [0.2, 0.25) is 5.91 Å². The number of halogens is 1. The summed E-state index contributed by atoms with van der Waals surface area (Å²) >= 11 is 12.4. The number of nitrogens with zero attached hydrogens (tertiary/aromatic N) is 1. The van der Waals surface area contributed by atoms with Crippen molar-refractivity contribution in [1.29, 1.82) is 0 Å². The Bertz CT molecular complexity index is 807. The van der Waals surface area contributed by atoms with Crippen molar-refractivity contribution in [2.45, 2.75) is 18.6 Å². The first kappa shape index (κ1) is 21.3. The van der Waals surface area contributed by atoms with E-state index in [0.29, 0.717) is 32.9 Å². The number of methoxy groups -OCH3 is 1. The molecule has 0 spiro atoms. The topological polar surface area (TPSA) is 86.7 Å². The van der Waals surface area contributed by atoms with Gasteiger partial charge in [-0.15, -0.1) is 0 Å². The fourth-order valence-electron chi connectivity index (χ4n) is 2.51. The number of likely N-dealkylation sites (N-methyl/N-ethyl adjacent to an activating group) is 1. The van der Waals surface area contributed by atoms with Crippen molar-refractivity contribution in [2.75, 3.05) is 27.4 Å². The fourth-order valence-corrected chi connectivity index (χ4v) is 3.28. The van der Waals surface area contributed by atoms with E-state index in [4.69, 9.17) is 41.7 Å². The van der Waals surface area contributed by atoms with E-state index in [1.54, 1.807) is 41.7 Å². The molecule has 0 fully saturated rings. The summed E-state index contributed by atoms with van der Waals surface area (Å²) in [7, 11) is 4.92. The van der Waals surface area contributed by atoms with Gasteiger partial charge in [0.1, 0.15) is 52.7 Å². The molecule has 1 aliphatic rings. The predicted octanol–water partition coefficient (Wildman–Crippen LogP) is 2.63. The van der Waals surface area contributed by atoms with Crippen molar-refractivity contribution in [1.82, 2.24) is 14.9 Å². The number of nitrogens with one attached hydrogen (secondary N) is 2. The summed E-state index contributed by atoms with van der Waals surface area (Å²) in [6, 6.07) is 0. The Balaban J connectivity index is 2.42. The number of rotatable bonds is 7. The van der Waals surface area contributed by atoms with Crippen LogP contribution in [0.15, 0.2) is 17.7 Å². The zero-order chi connectivity index (χ0) is 19.3. The van der Waals surface area contributed by atoms with E-state index in [9.17, 15) is 4.79 Å². The van der Waals surface area contributed by atoms with Gasteiger partial charge < -0.3 is 32.1 Å². The number of H-pyrrole nitrogens is 1. The third-order valence-corrected chi connectivity index (χ3v) is 4.93. The minimum Gasteiger partial charge on any atom is -0.497 e. The Morgan fingerprint density at radius 2 is 2.27 bits per heavy atom. The minimum atomic E-state index is -0.536. The summed E-state index contributed by atoms with van der Waals surface area (Å²) in [4.78, 5) is 14.6. The summed E-state index contributed by atoms with van der Waals surface area (Å²) < 4.78 is 25.2. The summed E-state index contributed by atoms with van der Waals surface area (Å²) in [6.45, 7) is 0.141. The SMILES string of the molecule is CNC(=O)COC1CC(OC)=C(COI)O[C@H]1c1cn(C)c(=S)[nH]c1=S. The van der Waals surface area contributed by atoms with Gasteiger partial charge >= 0.3 is 0 Å². The Morgan fingerprint density at radius 3 is 2.88 bits per heavy atom. The van der Waals surface area contributed by atoms with Crippen LogP contribution in [0.1, 0.15) is 18.1 Å². The largest absolute Gasteiger partial charge is 0.497 e. The van der Waals surface area contributed by atoms with E-state index < -0.39 is 12.2 Å². The molecule has 2 N–H and O–H groups in total. The van der Waals surface area contributed by atoms with Crippen molar-refractivity contribution in [2.24, 2.45) is 7.05 Å². The molecule has 1 aromatic rings. The van der Waals surface area contributed by atoms with Crippen LogP contribution in [-0.4, -0.2) is 48.9 Å². The van der Waals surface area contributed by atoms with E-state index in [0.717, 1.165) is 0 Å². The summed E-state index contributed by atoms with van der Waals surface area (Å²) in [6.07, 6.45) is 1.22. The number of aryl methyl sites for hydroxylation is 1. The Kier molecular flexibility index (Phi) is 8.01. The van der Waals surface area contributed by atoms with E-state index in [2.05, 4.69) is 10.3 Å². The highest BCUT2D eigenvalue weighted by molar-refractivity contribution is 14.1. The molecular formula is C15H20IN3O5S2. The van der Waals surface area contributed by atoms with Gasteiger partial charge in [-0.2, -0.15) is 0 Å². The molecule has 1 unspecified atom stereocenters. The number of hydrogen-bond donors (Lipinski definition) is 2. The zero-order valence-corrected chi connectivity index (χ0v) is 18.3. The Hall–Kier alpha value is -1.02. The smallest absolute Gasteiger partial charge is 0.245 e. The predicted molar refractivity (Wildman–Crippen MR) is 108 cm³/mol. The van der Waals surface area contributed by atoms with Crippen LogP contribution >= 0.6 is 47.4 Å². The average Bonchev–Trinajstić information content (AvgIpc) is 2.63. The van der Waals surface area contributed by atoms with Crippen molar-refractivity contribution >= 4 is 53.3 Å². The average molecular weight is 513 g/mol. The second kappa shape index (κ2) is 9.78. The Labute approximate surface area is 175 Å². The van der Waals surface area contributed by atoms with Crippen LogP contribution in [-0.2, 0) is 29.1 Å². The van der Waals surface area contributed by atoms with Crippen LogP contribution in [0.25, 0.3) is 0 Å². The third kappa shape index (κ3) is 5.03. The van der Waals surface area contributed by atoms with Gasteiger partial charge in [-0.05, 0) is 12.2 Å². The molecule has 8 nitrogen and oxygen atoms in total. The highest BCUT2D eigenvalue weighted by Gasteiger charge is 2.36. The lowest BCUT2D eigenvalue weighted by molar-refractivity contribution is -0.133. The van der Waals surface area contributed by atoms with Crippen molar-refractivity contribution < 1.29 is 22.1 Å². The van der Waals surface area contributed by atoms with Gasteiger partial charge in [0, 0.05) is 32.3 Å². The number of carbonyl (C=O) groups is 1. The second-order valence-corrected chi connectivity index (χ2v) is 6.94. The molecule has 1 amide bonds. The molecule has 11 heteroatoms. The van der Waals surface area contributed by atoms with Crippen molar-refractivity contribution in [3.05, 3.63) is 32.7 Å². The van der Waals surface area contributed by atoms with E-state index in [1.807, 2.05) is 13.2 Å². The van der Waals surface area contributed by atoms with Gasteiger partial charge in [0.15, 0.2) is 16.6 Å². The highest BCUT2D eigenvalue weighted by Crippen LogP contribution is 2.36. The minimum absolute atomic E-state index is 0.0993. The fraction of sp³-hybridized carbons (Fsp3) is 0.533. The number of aromatic amines is 1. The number of amides is 1. The summed E-state index contributed by atoms with van der Waals surface area (Å²) in [5.74, 6) is 0.940. The van der Waals surface area contributed by atoms with Gasteiger partial charge in [-0.25, -0.2) is 0 Å². The lowest BCUT2D eigenvalue weighted by Gasteiger charge is -2.34. The quantitative estimate of drug-likeness (QED) is 0.428. The van der Waals surface area contributed by atoms with E-state index >= 15 is 0 Å². The first-order chi connectivity index (χ1) is 12.4. The van der Waals surface area contributed by atoms with E-state index in [-0.39, 0.29) is 19.1 Å². The molecular weight excluding hydrogens is 493 g/mol. The molecule has 144 valence electrons. The number of hydrogen-bond acceptors (Lipinski definition) is 7. The normalized spacial score (nSPS) is 19.8. The molecule has 0 saturated heterocycles. The molecule has 0 radical (unpaired) electrons. The maximum atomic E-state index is 11.6. The molecule has 0 aromatic carbocycles. The molecule has 2 atom stereocenters. The van der Waals surface area contributed by atoms with Crippen LogP contribution < -0.4 is 5.32 Å².